The number of nitrogens with one attached hydrogen (secondary N) is 1. The second-order valence-electron chi connectivity index (χ2n) is 6.32. The molecule has 0 spiro atoms. The average molecular weight is 335 g/mol. The van der Waals surface area contributed by atoms with Crippen molar-refractivity contribution in [3.05, 3.63) is 71.3 Å². The minimum Gasteiger partial charge on any atom is -0.468 e. The van der Waals surface area contributed by atoms with E-state index in [0.29, 0.717) is 0 Å². The summed E-state index contributed by atoms with van der Waals surface area (Å²) in [5.74, 6) is 2.63. The first kappa shape index (κ1) is 15.8. The molecule has 0 radical (unpaired) electrons. The molecule has 1 aliphatic heterocycles. The van der Waals surface area contributed by atoms with Crippen molar-refractivity contribution in [3.63, 3.8) is 0 Å². The van der Waals surface area contributed by atoms with Crippen LogP contribution in [0.2, 0.25) is 0 Å². The maximum Gasteiger partial charge on any atom is 0.129 e. The maximum absolute atomic E-state index is 5.47. The Labute approximate surface area is 146 Å². The van der Waals surface area contributed by atoms with Crippen molar-refractivity contribution < 1.29 is 4.42 Å². The van der Waals surface area contributed by atoms with Crippen LogP contribution in [-0.2, 0) is 26.1 Å². The van der Waals surface area contributed by atoms with Crippen LogP contribution in [0.4, 0.5) is 5.82 Å². The van der Waals surface area contributed by atoms with Crippen molar-refractivity contribution in [2.24, 2.45) is 0 Å². The van der Waals surface area contributed by atoms with Crippen LogP contribution in [0, 0.1) is 6.92 Å². The molecule has 4 heterocycles. The van der Waals surface area contributed by atoms with Gasteiger partial charge in [0.05, 0.1) is 12.8 Å². The van der Waals surface area contributed by atoms with Gasteiger partial charge in [0.25, 0.3) is 0 Å². The lowest BCUT2D eigenvalue weighted by molar-refractivity contribution is 0.225. The molecule has 0 unspecified atom stereocenters. The van der Waals surface area contributed by atoms with Gasteiger partial charge in [0, 0.05) is 38.2 Å². The van der Waals surface area contributed by atoms with Crippen molar-refractivity contribution in [2.75, 3.05) is 11.9 Å². The van der Waals surface area contributed by atoms with E-state index in [0.717, 1.165) is 50.0 Å². The van der Waals surface area contributed by atoms with Gasteiger partial charge in [-0.25, -0.2) is 9.97 Å². The van der Waals surface area contributed by atoms with Gasteiger partial charge < -0.3 is 9.73 Å². The molecule has 6 nitrogen and oxygen atoms in total. The molecule has 0 aliphatic carbocycles. The molecule has 0 atom stereocenters. The van der Waals surface area contributed by atoms with E-state index >= 15 is 0 Å². The summed E-state index contributed by atoms with van der Waals surface area (Å²) in [6.07, 6.45) is 8.48. The zero-order chi connectivity index (χ0) is 17.1. The van der Waals surface area contributed by atoms with Gasteiger partial charge in [-0.15, -0.1) is 0 Å². The van der Waals surface area contributed by atoms with Gasteiger partial charge in [0.15, 0.2) is 0 Å². The molecule has 1 N–H and O–H groups in total. The van der Waals surface area contributed by atoms with Crippen LogP contribution in [0.5, 0.6) is 0 Å². The minimum absolute atomic E-state index is 0.727. The summed E-state index contributed by atoms with van der Waals surface area (Å²) in [5.41, 5.74) is 3.95. The van der Waals surface area contributed by atoms with Gasteiger partial charge in [-0.2, -0.15) is 0 Å². The van der Waals surface area contributed by atoms with Crippen LogP contribution in [0.25, 0.3) is 0 Å². The highest BCUT2D eigenvalue weighted by molar-refractivity contribution is 5.39. The predicted molar refractivity (Wildman–Crippen MR) is 94.9 cm³/mol. The Bertz CT molecular complexity index is 847. The molecule has 3 aromatic rings. The fraction of sp³-hybridized carbons (Fsp3) is 0.316. The zero-order valence-electron chi connectivity index (χ0n) is 14.3. The monoisotopic (exact) mass is 335 g/mol. The molecule has 0 amide bonds. The van der Waals surface area contributed by atoms with Crippen LogP contribution >= 0.6 is 0 Å². The number of hydrogen-bond donors (Lipinski definition) is 1. The van der Waals surface area contributed by atoms with E-state index in [-0.39, 0.29) is 0 Å². The van der Waals surface area contributed by atoms with E-state index in [1.54, 1.807) is 12.5 Å². The number of aryl methyl sites for hydroxylation is 1. The number of furan rings is 1. The molecule has 25 heavy (non-hydrogen) atoms. The lowest BCUT2D eigenvalue weighted by Crippen LogP contribution is -2.31. The summed E-state index contributed by atoms with van der Waals surface area (Å²) in [7, 11) is 0. The van der Waals surface area contributed by atoms with Gasteiger partial charge in [-0.3, -0.25) is 9.88 Å². The standard InChI is InChI=1S/C19H21N5O/c1-14-21-6-4-19(23-14)22-11-15-9-20-10-16-12-24(7-5-18(15)16)13-17-3-2-8-25-17/h2-4,6,8-10H,5,7,11-13H2,1H3,(H,21,22,23). The smallest absolute Gasteiger partial charge is 0.129 e. The molecule has 128 valence electrons. The van der Waals surface area contributed by atoms with Gasteiger partial charge in [-0.1, -0.05) is 0 Å². The molecular weight excluding hydrogens is 314 g/mol. The number of hydrogen-bond acceptors (Lipinski definition) is 6. The van der Waals surface area contributed by atoms with E-state index in [1.165, 1.54) is 16.7 Å². The molecule has 0 saturated heterocycles. The molecule has 0 saturated carbocycles. The number of anilines is 1. The fourth-order valence-electron chi connectivity index (χ4n) is 3.28. The molecule has 4 rings (SSSR count). The summed E-state index contributed by atoms with van der Waals surface area (Å²) in [6.45, 7) is 5.39. The Morgan fingerprint density at radius 2 is 2.24 bits per heavy atom. The third-order valence-corrected chi connectivity index (χ3v) is 4.50. The Morgan fingerprint density at radius 3 is 3.08 bits per heavy atom. The van der Waals surface area contributed by atoms with E-state index in [9.17, 15) is 0 Å². The first-order chi connectivity index (χ1) is 12.3. The first-order valence-electron chi connectivity index (χ1n) is 8.51. The van der Waals surface area contributed by atoms with Gasteiger partial charge in [-0.05, 0) is 48.2 Å². The molecule has 6 heteroatoms. The minimum atomic E-state index is 0.727. The lowest BCUT2D eigenvalue weighted by atomic mass is 9.97. The first-order valence-corrected chi connectivity index (χ1v) is 8.51. The van der Waals surface area contributed by atoms with E-state index < -0.39 is 0 Å². The van der Waals surface area contributed by atoms with Crippen molar-refractivity contribution in [1.82, 2.24) is 19.9 Å². The highest BCUT2D eigenvalue weighted by atomic mass is 16.3. The van der Waals surface area contributed by atoms with Gasteiger partial charge >= 0.3 is 0 Å². The van der Waals surface area contributed by atoms with Crippen molar-refractivity contribution in [3.8, 4) is 0 Å². The highest BCUT2D eigenvalue weighted by Gasteiger charge is 2.20. The number of fused-ring (bicyclic) bond motifs is 1. The Morgan fingerprint density at radius 1 is 1.28 bits per heavy atom. The topological polar surface area (TPSA) is 67.1 Å². The average Bonchev–Trinajstić information content (AvgIpc) is 3.13. The predicted octanol–water partition coefficient (Wildman–Crippen LogP) is 2.94. The molecule has 3 aromatic heterocycles. The number of rotatable bonds is 5. The molecular formula is C19H21N5O. The fourth-order valence-corrected chi connectivity index (χ4v) is 3.28. The van der Waals surface area contributed by atoms with Gasteiger partial charge in [0.1, 0.15) is 17.4 Å². The van der Waals surface area contributed by atoms with E-state index in [1.807, 2.05) is 37.5 Å². The van der Waals surface area contributed by atoms with Gasteiger partial charge in [0.2, 0.25) is 0 Å². The number of nitrogens with zero attached hydrogens (tertiary/aromatic N) is 4. The van der Waals surface area contributed by atoms with Crippen LogP contribution < -0.4 is 5.32 Å². The summed E-state index contributed by atoms with van der Waals surface area (Å²) < 4.78 is 5.47. The van der Waals surface area contributed by atoms with Crippen molar-refractivity contribution >= 4 is 5.82 Å². The highest BCUT2D eigenvalue weighted by Crippen LogP contribution is 2.23. The van der Waals surface area contributed by atoms with Crippen LogP contribution in [0.1, 0.15) is 28.3 Å². The summed E-state index contributed by atoms with van der Waals surface area (Å²) in [4.78, 5) is 15.4. The summed E-state index contributed by atoms with van der Waals surface area (Å²) in [5, 5.41) is 3.38. The normalized spacial score (nSPS) is 14.3. The third-order valence-electron chi connectivity index (χ3n) is 4.50. The van der Waals surface area contributed by atoms with E-state index in [4.69, 9.17) is 4.42 Å². The maximum atomic E-state index is 5.47. The second kappa shape index (κ2) is 7.03. The molecule has 0 aromatic carbocycles. The van der Waals surface area contributed by atoms with Crippen LogP contribution in [0.15, 0.2) is 47.5 Å². The molecule has 1 aliphatic rings. The number of pyridine rings is 1. The molecule has 0 bridgehead atoms. The number of aromatic nitrogens is 3. The molecule has 0 fully saturated rings. The van der Waals surface area contributed by atoms with Crippen molar-refractivity contribution in [1.29, 1.82) is 0 Å². The van der Waals surface area contributed by atoms with Crippen LogP contribution in [-0.4, -0.2) is 26.4 Å². The second-order valence-corrected chi connectivity index (χ2v) is 6.32. The summed E-state index contributed by atoms with van der Waals surface area (Å²) >= 11 is 0. The lowest BCUT2D eigenvalue weighted by Gasteiger charge is -2.29. The van der Waals surface area contributed by atoms with E-state index in [2.05, 4.69) is 25.2 Å². The largest absolute Gasteiger partial charge is 0.468 e. The quantitative estimate of drug-likeness (QED) is 0.773. The van der Waals surface area contributed by atoms with Crippen LogP contribution in [0.3, 0.4) is 0 Å². The Hall–Kier alpha value is -2.73. The Kier molecular flexibility index (Phi) is 4.43. The SMILES string of the molecule is Cc1nccc(NCc2cncc3c2CCN(Cc2ccco2)C3)n1. The van der Waals surface area contributed by atoms with Crippen molar-refractivity contribution in [2.45, 2.75) is 33.0 Å². The summed E-state index contributed by atoms with van der Waals surface area (Å²) in [6, 6.07) is 5.85. The Balaban J connectivity index is 1.45. The zero-order valence-corrected chi connectivity index (χ0v) is 14.3. The third kappa shape index (κ3) is 3.69.